The van der Waals surface area contributed by atoms with Gasteiger partial charge < -0.3 is 9.64 Å². The topological polar surface area (TPSA) is 55.5 Å². The van der Waals surface area contributed by atoms with Gasteiger partial charge in [0.2, 0.25) is 0 Å². The van der Waals surface area contributed by atoms with Crippen molar-refractivity contribution in [2.45, 2.75) is 13.1 Å². The van der Waals surface area contributed by atoms with Gasteiger partial charge in [0.25, 0.3) is 0 Å². The van der Waals surface area contributed by atoms with E-state index in [1.807, 2.05) is 44.4 Å². The summed E-state index contributed by atoms with van der Waals surface area (Å²) in [7, 11) is 9.36. The molecule has 0 saturated heterocycles. The summed E-state index contributed by atoms with van der Waals surface area (Å²) in [6.07, 6.45) is 1.82. The Morgan fingerprint density at radius 2 is 1.82 bits per heavy atom. The maximum atomic E-state index is 12.2. The van der Waals surface area contributed by atoms with Crippen LogP contribution in [0, 0.1) is 0 Å². The number of methoxy groups -OCH3 is 1. The number of ether oxygens (including phenoxy) is 1. The van der Waals surface area contributed by atoms with Crippen molar-refractivity contribution in [1.29, 1.82) is 0 Å². The van der Waals surface area contributed by atoms with E-state index in [0.29, 0.717) is 6.61 Å². The molecule has 0 N–H and O–H groups in total. The van der Waals surface area contributed by atoms with Crippen molar-refractivity contribution in [3.05, 3.63) is 58.1 Å². The predicted molar refractivity (Wildman–Crippen MR) is 113 cm³/mol. The highest BCUT2D eigenvalue weighted by molar-refractivity contribution is 5.76. The lowest BCUT2D eigenvalue weighted by atomic mass is 10.1. The molecular formula is C21H29N5O2. The second-order valence-corrected chi connectivity index (χ2v) is 7.31. The molecule has 150 valence electrons. The summed E-state index contributed by atoms with van der Waals surface area (Å²) in [6.45, 7) is 3.01. The van der Waals surface area contributed by atoms with Gasteiger partial charge in [-0.25, -0.2) is 9.78 Å². The van der Waals surface area contributed by atoms with Crippen LogP contribution in [0.2, 0.25) is 0 Å². The molecule has 0 atom stereocenters. The van der Waals surface area contributed by atoms with Gasteiger partial charge in [-0.2, -0.15) is 0 Å². The SMILES string of the molecule is COCCN(Cc1ccc2c(c1)n(C)c(=O)n2C)Cc1cccnc1N(C)C. The van der Waals surface area contributed by atoms with Gasteiger partial charge in [0.1, 0.15) is 5.82 Å². The van der Waals surface area contributed by atoms with Gasteiger partial charge in [0.05, 0.1) is 17.6 Å². The zero-order chi connectivity index (χ0) is 20.3. The van der Waals surface area contributed by atoms with Crippen molar-refractivity contribution in [3.63, 3.8) is 0 Å². The maximum Gasteiger partial charge on any atom is 0.328 e. The number of imidazole rings is 1. The lowest BCUT2D eigenvalue weighted by molar-refractivity contribution is 0.140. The second kappa shape index (κ2) is 8.58. The number of aryl methyl sites for hydroxylation is 2. The lowest BCUT2D eigenvalue weighted by Crippen LogP contribution is -2.28. The summed E-state index contributed by atoms with van der Waals surface area (Å²) in [6, 6.07) is 10.3. The van der Waals surface area contributed by atoms with Crippen LogP contribution in [-0.4, -0.2) is 53.4 Å². The minimum absolute atomic E-state index is 0.00521. The van der Waals surface area contributed by atoms with Crippen LogP contribution in [0.25, 0.3) is 11.0 Å². The Kier molecular flexibility index (Phi) is 6.16. The maximum absolute atomic E-state index is 12.2. The number of anilines is 1. The number of hydrogen-bond acceptors (Lipinski definition) is 5. The van der Waals surface area contributed by atoms with Gasteiger partial charge in [0.15, 0.2) is 0 Å². The Morgan fingerprint density at radius 1 is 1.07 bits per heavy atom. The average molecular weight is 383 g/mol. The van der Waals surface area contributed by atoms with Crippen LogP contribution >= 0.6 is 0 Å². The van der Waals surface area contributed by atoms with Crippen molar-refractivity contribution < 1.29 is 4.74 Å². The molecule has 0 aliphatic carbocycles. The first kappa shape index (κ1) is 20.1. The van der Waals surface area contributed by atoms with E-state index in [9.17, 15) is 4.79 Å². The highest BCUT2D eigenvalue weighted by Gasteiger charge is 2.14. The zero-order valence-corrected chi connectivity index (χ0v) is 17.3. The molecule has 0 spiro atoms. The molecule has 3 aromatic rings. The van der Waals surface area contributed by atoms with Crippen LogP contribution in [0.4, 0.5) is 5.82 Å². The van der Waals surface area contributed by atoms with E-state index in [1.165, 1.54) is 11.1 Å². The Hall–Kier alpha value is -2.64. The summed E-state index contributed by atoms with van der Waals surface area (Å²) in [5.74, 6) is 0.978. The molecule has 0 amide bonds. The first-order valence-electron chi connectivity index (χ1n) is 9.39. The molecule has 0 radical (unpaired) electrons. The quantitative estimate of drug-likeness (QED) is 0.595. The minimum atomic E-state index is -0.00521. The third-order valence-corrected chi connectivity index (χ3v) is 5.04. The van der Waals surface area contributed by atoms with Gasteiger partial charge in [0, 0.05) is 66.7 Å². The summed E-state index contributed by atoms with van der Waals surface area (Å²) >= 11 is 0. The highest BCUT2D eigenvalue weighted by atomic mass is 16.5. The molecule has 3 rings (SSSR count). The fraction of sp³-hybridized carbons (Fsp3) is 0.429. The molecule has 7 heteroatoms. The average Bonchev–Trinajstić information content (AvgIpc) is 2.90. The fourth-order valence-corrected chi connectivity index (χ4v) is 3.54. The van der Waals surface area contributed by atoms with Crippen LogP contribution < -0.4 is 10.6 Å². The second-order valence-electron chi connectivity index (χ2n) is 7.31. The summed E-state index contributed by atoms with van der Waals surface area (Å²) in [5.41, 5.74) is 4.24. The number of pyridine rings is 1. The minimum Gasteiger partial charge on any atom is -0.383 e. The van der Waals surface area contributed by atoms with E-state index < -0.39 is 0 Å². The van der Waals surface area contributed by atoms with Gasteiger partial charge >= 0.3 is 5.69 Å². The summed E-state index contributed by atoms with van der Waals surface area (Å²) in [4.78, 5) is 21.1. The third-order valence-electron chi connectivity index (χ3n) is 5.04. The molecule has 0 bridgehead atoms. The molecule has 0 aliphatic heterocycles. The Morgan fingerprint density at radius 3 is 2.54 bits per heavy atom. The van der Waals surface area contributed by atoms with E-state index >= 15 is 0 Å². The molecule has 7 nitrogen and oxygen atoms in total. The van der Waals surface area contributed by atoms with Crippen LogP contribution in [-0.2, 0) is 31.9 Å². The van der Waals surface area contributed by atoms with E-state index in [-0.39, 0.29) is 5.69 Å². The molecule has 1 aromatic carbocycles. The molecule has 0 saturated carbocycles. The largest absolute Gasteiger partial charge is 0.383 e. The first-order valence-corrected chi connectivity index (χ1v) is 9.39. The van der Waals surface area contributed by atoms with Crippen LogP contribution in [0.5, 0.6) is 0 Å². The molecule has 0 unspecified atom stereocenters. The van der Waals surface area contributed by atoms with Crippen LogP contribution in [0.1, 0.15) is 11.1 Å². The van der Waals surface area contributed by atoms with E-state index in [2.05, 4.69) is 28.1 Å². The predicted octanol–water partition coefficient (Wildman–Crippen LogP) is 1.99. The lowest BCUT2D eigenvalue weighted by Gasteiger charge is -2.24. The molecule has 2 aromatic heterocycles. The smallest absolute Gasteiger partial charge is 0.328 e. The highest BCUT2D eigenvalue weighted by Crippen LogP contribution is 2.20. The van der Waals surface area contributed by atoms with Gasteiger partial charge in [-0.1, -0.05) is 12.1 Å². The zero-order valence-electron chi connectivity index (χ0n) is 17.3. The van der Waals surface area contributed by atoms with Crippen molar-refractivity contribution in [1.82, 2.24) is 19.0 Å². The number of benzene rings is 1. The van der Waals surface area contributed by atoms with E-state index in [0.717, 1.165) is 36.5 Å². The Bertz CT molecular complexity index is 1010. The monoisotopic (exact) mass is 383 g/mol. The summed E-state index contributed by atoms with van der Waals surface area (Å²) in [5, 5.41) is 0. The van der Waals surface area contributed by atoms with Crippen molar-refractivity contribution in [2.75, 3.05) is 39.3 Å². The Labute approximate surface area is 165 Å². The molecule has 28 heavy (non-hydrogen) atoms. The van der Waals surface area contributed by atoms with Gasteiger partial charge in [-0.3, -0.25) is 14.0 Å². The molecule has 2 heterocycles. The first-order chi connectivity index (χ1) is 13.4. The standard InChI is InChI=1S/C21H29N5O2/c1-23(2)20-17(7-6-10-22-20)15-26(11-12-28-5)14-16-8-9-18-19(13-16)25(4)21(27)24(18)3/h6-10,13H,11-12,14-15H2,1-5H3. The van der Waals surface area contributed by atoms with Crippen molar-refractivity contribution in [3.8, 4) is 0 Å². The van der Waals surface area contributed by atoms with Gasteiger partial charge in [-0.05, 0) is 23.8 Å². The number of nitrogens with zero attached hydrogens (tertiary/aromatic N) is 5. The number of hydrogen-bond donors (Lipinski definition) is 0. The number of aromatic nitrogens is 3. The van der Waals surface area contributed by atoms with E-state index in [4.69, 9.17) is 4.74 Å². The van der Waals surface area contributed by atoms with Crippen LogP contribution in [0.15, 0.2) is 41.3 Å². The Balaban J connectivity index is 1.88. The molecule has 0 aliphatic rings. The van der Waals surface area contributed by atoms with Crippen molar-refractivity contribution in [2.24, 2.45) is 14.1 Å². The normalized spacial score (nSPS) is 11.5. The molecular weight excluding hydrogens is 354 g/mol. The number of rotatable bonds is 8. The number of fused-ring (bicyclic) bond motifs is 1. The molecule has 0 fully saturated rings. The summed E-state index contributed by atoms with van der Waals surface area (Å²) < 4.78 is 8.70. The fourth-order valence-electron chi connectivity index (χ4n) is 3.54. The van der Waals surface area contributed by atoms with Crippen LogP contribution in [0.3, 0.4) is 0 Å². The third kappa shape index (κ3) is 4.10. The van der Waals surface area contributed by atoms with Gasteiger partial charge in [-0.15, -0.1) is 0 Å². The van der Waals surface area contributed by atoms with E-state index in [1.54, 1.807) is 23.3 Å². The van der Waals surface area contributed by atoms with Crippen molar-refractivity contribution >= 4 is 16.9 Å².